The molecule has 2 nitrogen and oxygen atoms in total. The van der Waals surface area contributed by atoms with Crippen molar-refractivity contribution >= 4 is 28.8 Å². The predicted octanol–water partition coefficient (Wildman–Crippen LogP) is 6.21. The lowest BCUT2D eigenvalue weighted by Gasteiger charge is -2.09. The third-order valence-corrected chi connectivity index (χ3v) is 3.64. The van der Waals surface area contributed by atoms with Gasteiger partial charge in [-0.25, -0.2) is 9.97 Å². The molecular weight excluding hydrogens is 315 g/mol. The molecule has 1 heterocycles. The second-order valence-corrected chi connectivity index (χ2v) is 5.30. The Bertz CT molecular complexity index is 706. The van der Waals surface area contributed by atoms with Gasteiger partial charge in [0.1, 0.15) is 0 Å². The number of halogens is 2. The van der Waals surface area contributed by atoms with Crippen molar-refractivity contribution in [2.75, 3.05) is 0 Å². The predicted molar refractivity (Wildman–Crippen MR) is 95.2 cm³/mol. The molecule has 0 spiro atoms. The standard InChI is InChI=1S/C16H12Cl2N2.C2H6/c17-14-10-19-16(18)20-15(14)13-8-4-7-12(9-13)11-5-2-1-3-6-11;1-2/h2,4-10H,1,3H2;1-2H3. The Morgan fingerprint density at radius 3 is 2.55 bits per heavy atom. The Balaban J connectivity index is 0.000000847. The summed E-state index contributed by atoms with van der Waals surface area (Å²) < 4.78 is 0. The first-order valence-electron chi connectivity index (χ1n) is 7.39. The molecular formula is C18H18Cl2N2. The molecule has 0 N–H and O–H groups in total. The van der Waals surface area contributed by atoms with Crippen molar-refractivity contribution in [3.05, 3.63) is 64.6 Å². The van der Waals surface area contributed by atoms with Crippen molar-refractivity contribution in [3.8, 4) is 11.3 Å². The zero-order chi connectivity index (χ0) is 15.9. The number of benzene rings is 1. The summed E-state index contributed by atoms with van der Waals surface area (Å²) in [5.74, 6) is 0. The van der Waals surface area contributed by atoms with Gasteiger partial charge in [-0.1, -0.05) is 61.9 Å². The number of allylic oxidation sites excluding steroid dienone is 4. The molecule has 1 aliphatic rings. The molecule has 0 amide bonds. The van der Waals surface area contributed by atoms with Crippen LogP contribution in [0.3, 0.4) is 0 Å². The van der Waals surface area contributed by atoms with Gasteiger partial charge in [0.05, 0.1) is 16.9 Å². The van der Waals surface area contributed by atoms with Crippen molar-refractivity contribution in [3.63, 3.8) is 0 Å². The minimum atomic E-state index is 0.201. The van der Waals surface area contributed by atoms with Crippen LogP contribution in [-0.2, 0) is 0 Å². The molecule has 4 heteroatoms. The van der Waals surface area contributed by atoms with Gasteiger partial charge in [0.25, 0.3) is 0 Å². The van der Waals surface area contributed by atoms with Crippen LogP contribution in [0.25, 0.3) is 16.8 Å². The lowest BCUT2D eigenvalue weighted by molar-refractivity contribution is 1.04. The Morgan fingerprint density at radius 2 is 1.82 bits per heavy atom. The third kappa shape index (κ3) is 3.96. The third-order valence-electron chi connectivity index (χ3n) is 3.18. The van der Waals surface area contributed by atoms with Crippen LogP contribution in [0, 0.1) is 0 Å². The van der Waals surface area contributed by atoms with Crippen molar-refractivity contribution < 1.29 is 0 Å². The molecule has 1 aromatic heterocycles. The molecule has 2 aromatic rings. The maximum absolute atomic E-state index is 6.16. The van der Waals surface area contributed by atoms with Crippen LogP contribution in [0.15, 0.2) is 48.7 Å². The first-order valence-corrected chi connectivity index (χ1v) is 8.15. The van der Waals surface area contributed by atoms with Gasteiger partial charge in [-0.2, -0.15) is 0 Å². The first kappa shape index (κ1) is 16.7. The Kier molecular flexibility index (Phi) is 6.17. The molecule has 22 heavy (non-hydrogen) atoms. The molecule has 1 aliphatic carbocycles. The summed E-state index contributed by atoms with van der Waals surface area (Å²) in [6.07, 6.45) is 10.3. The Morgan fingerprint density at radius 1 is 1.05 bits per heavy atom. The van der Waals surface area contributed by atoms with Crippen LogP contribution in [0.1, 0.15) is 32.3 Å². The summed E-state index contributed by atoms with van der Waals surface area (Å²) in [7, 11) is 0. The molecule has 0 saturated heterocycles. The van der Waals surface area contributed by atoms with Crippen molar-refractivity contribution in [1.29, 1.82) is 0 Å². The highest BCUT2D eigenvalue weighted by molar-refractivity contribution is 6.33. The zero-order valence-corrected chi connectivity index (χ0v) is 14.2. The van der Waals surface area contributed by atoms with Gasteiger partial charge < -0.3 is 0 Å². The minimum Gasteiger partial charge on any atom is -0.225 e. The number of hydrogen-bond acceptors (Lipinski definition) is 2. The second-order valence-electron chi connectivity index (χ2n) is 4.56. The van der Waals surface area contributed by atoms with E-state index in [1.807, 2.05) is 26.0 Å². The average Bonchev–Trinajstić information content (AvgIpc) is 2.60. The smallest absolute Gasteiger partial charge is 0.222 e. The molecule has 114 valence electrons. The fourth-order valence-electron chi connectivity index (χ4n) is 2.22. The fourth-order valence-corrected chi connectivity index (χ4v) is 2.56. The van der Waals surface area contributed by atoms with E-state index in [0.29, 0.717) is 10.7 Å². The van der Waals surface area contributed by atoms with Crippen LogP contribution in [0.5, 0.6) is 0 Å². The van der Waals surface area contributed by atoms with Gasteiger partial charge in [-0.05, 0) is 41.6 Å². The van der Waals surface area contributed by atoms with E-state index in [-0.39, 0.29) is 5.28 Å². The van der Waals surface area contributed by atoms with Gasteiger partial charge in [0.15, 0.2) is 0 Å². The van der Waals surface area contributed by atoms with Crippen LogP contribution >= 0.6 is 23.2 Å². The van der Waals surface area contributed by atoms with Gasteiger partial charge >= 0.3 is 0 Å². The van der Waals surface area contributed by atoms with Crippen molar-refractivity contribution in [1.82, 2.24) is 9.97 Å². The summed E-state index contributed by atoms with van der Waals surface area (Å²) in [5, 5.41) is 0.700. The van der Waals surface area contributed by atoms with Gasteiger partial charge in [-0.15, -0.1) is 0 Å². The molecule has 0 radical (unpaired) electrons. The largest absolute Gasteiger partial charge is 0.225 e. The summed E-state index contributed by atoms with van der Waals surface area (Å²) in [4.78, 5) is 8.09. The first-order chi connectivity index (χ1) is 10.7. The van der Waals surface area contributed by atoms with E-state index in [9.17, 15) is 0 Å². The number of nitrogens with zero attached hydrogens (tertiary/aromatic N) is 2. The molecule has 3 rings (SSSR count). The summed E-state index contributed by atoms with van der Waals surface area (Å²) in [6.45, 7) is 4.00. The molecule has 0 atom stereocenters. The number of rotatable bonds is 2. The van der Waals surface area contributed by atoms with Gasteiger partial charge in [-0.3, -0.25) is 0 Å². The SMILES string of the molecule is CC.Clc1ncc(Cl)c(-c2cccc(C3=CCCC=C3)c2)n1. The Hall–Kier alpha value is -1.64. The van der Waals surface area contributed by atoms with Crippen LogP contribution in [0.4, 0.5) is 0 Å². The maximum atomic E-state index is 6.16. The lowest BCUT2D eigenvalue weighted by atomic mass is 9.97. The normalized spacial score (nSPS) is 13.2. The Labute approximate surface area is 141 Å². The van der Waals surface area contributed by atoms with E-state index in [1.165, 1.54) is 11.8 Å². The van der Waals surface area contributed by atoms with E-state index >= 15 is 0 Å². The van der Waals surface area contributed by atoms with Crippen LogP contribution in [-0.4, -0.2) is 9.97 Å². The lowest BCUT2D eigenvalue weighted by Crippen LogP contribution is -1.91. The molecule has 0 bridgehead atoms. The number of aromatic nitrogens is 2. The molecule has 0 saturated carbocycles. The van der Waals surface area contributed by atoms with E-state index in [0.717, 1.165) is 24.0 Å². The van der Waals surface area contributed by atoms with E-state index in [4.69, 9.17) is 23.2 Å². The summed E-state index contributed by atoms with van der Waals surface area (Å²) in [5.41, 5.74) is 3.99. The molecule has 0 unspecified atom stereocenters. The minimum absolute atomic E-state index is 0.201. The molecule has 0 aliphatic heterocycles. The number of hydrogen-bond donors (Lipinski definition) is 0. The zero-order valence-electron chi connectivity index (χ0n) is 12.7. The van der Waals surface area contributed by atoms with E-state index in [2.05, 4.69) is 40.3 Å². The highest BCUT2D eigenvalue weighted by Gasteiger charge is 2.09. The fraction of sp³-hybridized carbons (Fsp3) is 0.222. The van der Waals surface area contributed by atoms with Crippen LogP contribution in [0.2, 0.25) is 10.3 Å². The average molecular weight is 333 g/mol. The van der Waals surface area contributed by atoms with E-state index in [1.54, 1.807) is 0 Å². The molecule has 0 fully saturated rings. The topological polar surface area (TPSA) is 25.8 Å². The monoisotopic (exact) mass is 332 g/mol. The van der Waals surface area contributed by atoms with Crippen molar-refractivity contribution in [2.45, 2.75) is 26.7 Å². The summed E-state index contributed by atoms with van der Waals surface area (Å²) in [6, 6.07) is 8.13. The summed E-state index contributed by atoms with van der Waals surface area (Å²) >= 11 is 12.0. The van der Waals surface area contributed by atoms with Gasteiger partial charge in [0, 0.05) is 5.56 Å². The van der Waals surface area contributed by atoms with Crippen LogP contribution < -0.4 is 0 Å². The second kappa shape index (κ2) is 8.11. The maximum Gasteiger partial charge on any atom is 0.222 e. The molecule has 1 aromatic carbocycles. The van der Waals surface area contributed by atoms with Gasteiger partial charge in [0.2, 0.25) is 5.28 Å². The quantitative estimate of drug-likeness (QED) is 0.611. The van der Waals surface area contributed by atoms with E-state index < -0.39 is 0 Å². The highest BCUT2D eigenvalue weighted by atomic mass is 35.5. The highest BCUT2D eigenvalue weighted by Crippen LogP contribution is 2.29. The van der Waals surface area contributed by atoms with Crippen molar-refractivity contribution in [2.24, 2.45) is 0 Å².